The first-order valence-corrected chi connectivity index (χ1v) is 17.7. The highest BCUT2D eigenvalue weighted by atomic mass is 32.2. The van der Waals surface area contributed by atoms with Crippen molar-refractivity contribution in [1.29, 1.82) is 0 Å². The average Bonchev–Trinajstić information content (AvgIpc) is 3.78. The molecule has 4 heterocycles. The van der Waals surface area contributed by atoms with Crippen LogP contribution in [-0.4, -0.2) is 113 Å². The summed E-state index contributed by atoms with van der Waals surface area (Å²) >= 11 is 1.81. The molecule has 262 valence electrons. The zero-order valence-corrected chi connectivity index (χ0v) is 27.5. The van der Waals surface area contributed by atoms with Crippen molar-refractivity contribution in [3.8, 4) is 0 Å². The van der Waals surface area contributed by atoms with Crippen molar-refractivity contribution in [3.63, 3.8) is 0 Å². The molecule has 2 aromatic carbocycles. The average molecular weight is 697 g/mol. The van der Waals surface area contributed by atoms with Gasteiger partial charge in [-0.15, -0.1) is 11.8 Å². The number of rotatable bonds is 8. The molecule has 4 aliphatic heterocycles. The molecule has 13 heteroatoms. The number of carbonyl (C=O) groups is 1. The highest BCUT2D eigenvalue weighted by Gasteiger charge is 2.41. The van der Waals surface area contributed by atoms with Crippen LogP contribution in [0.2, 0.25) is 0 Å². The van der Waals surface area contributed by atoms with Crippen LogP contribution in [0, 0.1) is 0 Å². The summed E-state index contributed by atoms with van der Waals surface area (Å²) in [6, 6.07) is 10.9. The summed E-state index contributed by atoms with van der Waals surface area (Å²) in [6.07, 6.45) is -6.36. The minimum absolute atomic E-state index is 0.0601. The van der Waals surface area contributed by atoms with Gasteiger partial charge in [0.05, 0.1) is 23.8 Å². The van der Waals surface area contributed by atoms with E-state index in [4.69, 9.17) is 0 Å². The number of benzene rings is 2. The Bertz CT molecular complexity index is 1410. The van der Waals surface area contributed by atoms with Crippen molar-refractivity contribution in [3.05, 3.63) is 81.8 Å². The summed E-state index contributed by atoms with van der Waals surface area (Å²) in [7, 11) is 0. The monoisotopic (exact) mass is 696 g/mol. The lowest BCUT2D eigenvalue weighted by atomic mass is 9.90. The molecule has 0 aliphatic carbocycles. The molecule has 4 unspecified atom stereocenters. The SMILES string of the molecule is O=C(c1cc(C(F)(F)F)cc(C(F)(F)F)c1)N1CCC(N2CCN(C3CCN(C(CO)C4=CSCC4)C3)CC2)CC1Cc1ccccc1. The Hall–Kier alpha value is -2.58. The van der Waals surface area contributed by atoms with Crippen LogP contribution < -0.4 is 0 Å². The van der Waals surface area contributed by atoms with Crippen LogP contribution in [0.1, 0.15) is 52.7 Å². The lowest BCUT2D eigenvalue weighted by Gasteiger charge is -2.47. The number of amides is 1. The Morgan fingerprint density at radius 1 is 0.854 bits per heavy atom. The Labute approximate surface area is 281 Å². The van der Waals surface area contributed by atoms with Crippen molar-refractivity contribution < 1.29 is 36.2 Å². The van der Waals surface area contributed by atoms with E-state index < -0.39 is 35.0 Å². The van der Waals surface area contributed by atoms with Gasteiger partial charge in [0.1, 0.15) is 0 Å². The van der Waals surface area contributed by atoms with Crippen molar-refractivity contribution in [2.45, 2.75) is 68.6 Å². The smallest absolute Gasteiger partial charge is 0.394 e. The van der Waals surface area contributed by atoms with Crippen molar-refractivity contribution in [2.75, 3.05) is 58.2 Å². The minimum atomic E-state index is -5.03. The minimum Gasteiger partial charge on any atom is -0.394 e. The summed E-state index contributed by atoms with van der Waals surface area (Å²) in [4.78, 5) is 22.6. The van der Waals surface area contributed by atoms with Crippen LogP contribution in [0.5, 0.6) is 0 Å². The maximum absolute atomic E-state index is 13.8. The van der Waals surface area contributed by atoms with Gasteiger partial charge in [-0.2, -0.15) is 26.3 Å². The van der Waals surface area contributed by atoms with Crippen LogP contribution in [0.4, 0.5) is 26.3 Å². The third-order valence-corrected chi connectivity index (χ3v) is 11.4. The third kappa shape index (κ3) is 8.07. The first-order chi connectivity index (χ1) is 22.9. The Kier molecular flexibility index (Phi) is 10.8. The molecule has 1 amide bonds. The Balaban J connectivity index is 1.13. The number of aliphatic hydroxyl groups excluding tert-OH is 1. The van der Waals surface area contributed by atoms with Crippen molar-refractivity contribution in [2.24, 2.45) is 0 Å². The van der Waals surface area contributed by atoms with Crippen LogP contribution in [0.25, 0.3) is 0 Å². The molecule has 6 nitrogen and oxygen atoms in total. The summed E-state index contributed by atoms with van der Waals surface area (Å²) in [5.74, 6) is 0.268. The number of piperidine rings is 1. The number of aliphatic hydroxyl groups is 1. The standard InChI is InChI=1S/C35H42F6N4O2S/c36-34(37,38)27-17-26(18-28(19-27)35(39,40)41)33(47)45-10-7-29(20-31(45)16-24-4-2-1-3-5-24)42-11-13-43(14-12-42)30-6-9-44(21-30)32(22-46)25-8-15-48-23-25/h1-5,17-19,23,29-32,46H,6-16,20-22H2. The molecule has 0 aromatic heterocycles. The van der Waals surface area contributed by atoms with Gasteiger partial charge in [0.2, 0.25) is 0 Å². The number of alkyl halides is 6. The van der Waals surface area contributed by atoms with Gasteiger partial charge in [0.15, 0.2) is 0 Å². The van der Waals surface area contributed by atoms with E-state index in [1.54, 1.807) is 0 Å². The van der Waals surface area contributed by atoms with E-state index in [1.165, 1.54) is 10.5 Å². The van der Waals surface area contributed by atoms with E-state index in [0.717, 1.165) is 63.4 Å². The number of hydrogen-bond acceptors (Lipinski definition) is 6. The highest BCUT2D eigenvalue weighted by Crippen LogP contribution is 2.37. The normalized spacial score (nSPS) is 25.8. The van der Waals surface area contributed by atoms with Gasteiger partial charge < -0.3 is 10.0 Å². The van der Waals surface area contributed by atoms with Gasteiger partial charge in [-0.05, 0) is 66.8 Å². The number of thioether (sulfide) groups is 1. The zero-order chi connectivity index (χ0) is 34.1. The largest absolute Gasteiger partial charge is 0.416 e. The summed E-state index contributed by atoms with van der Waals surface area (Å²) in [5.41, 5.74) is -1.29. The summed E-state index contributed by atoms with van der Waals surface area (Å²) < 4.78 is 81.6. The molecule has 4 aliphatic rings. The molecule has 1 N–H and O–H groups in total. The van der Waals surface area contributed by atoms with Crippen LogP contribution in [0.3, 0.4) is 0 Å². The van der Waals surface area contributed by atoms with Crippen LogP contribution in [0.15, 0.2) is 59.5 Å². The molecule has 48 heavy (non-hydrogen) atoms. The maximum atomic E-state index is 13.8. The van der Waals surface area contributed by atoms with Crippen molar-refractivity contribution >= 4 is 17.7 Å². The van der Waals surface area contributed by atoms with Gasteiger partial charge in [-0.3, -0.25) is 19.5 Å². The van der Waals surface area contributed by atoms with Gasteiger partial charge >= 0.3 is 12.4 Å². The Morgan fingerprint density at radius 2 is 1.48 bits per heavy atom. The second kappa shape index (κ2) is 14.7. The van der Waals surface area contributed by atoms with Gasteiger partial charge in [0.25, 0.3) is 5.91 Å². The van der Waals surface area contributed by atoms with E-state index in [9.17, 15) is 36.2 Å². The van der Waals surface area contributed by atoms with Crippen LogP contribution in [-0.2, 0) is 18.8 Å². The predicted molar refractivity (Wildman–Crippen MR) is 174 cm³/mol. The fourth-order valence-corrected chi connectivity index (χ4v) is 8.84. The molecule has 4 atom stereocenters. The molecule has 2 aromatic rings. The van der Waals surface area contributed by atoms with Crippen molar-refractivity contribution in [1.82, 2.24) is 19.6 Å². The van der Waals surface area contributed by atoms with Gasteiger partial charge in [0, 0.05) is 75.3 Å². The topological polar surface area (TPSA) is 50.3 Å². The van der Waals surface area contributed by atoms with Crippen LogP contribution >= 0.6 is 11.8 Å². The lowest BCUT2D eigenvalue weighted by Crippen LogP contribution is -2.58. The summed E-state index contributed by atoms with van der Waals surface area (Å²) in [5, 5.41) is 12.3. The quantitative estimate of drug-likeness (QED) is 0.342. The summed E-state index contributed by atoms with van der Waals surface area (Å²) in [6.45, 7) is 5.76. The first kappa shape index (κ1) is 35.3. The molecule has 3 fully saturated rings. The molecular weight excluding hydrogens is 654 g/mol. The van der Waals surface area contributed by atoms with Gasteiger partial charge in [-0.25, -0.2) is 0 Å². The van der Waals surface area contributed by atoms with E-state index in [2.05, 4.69) is 20.1 Å². The third-order valence-electron chi connectivity index (χ3n) is 10.5. The predicted octanol–water partition coefficient (Wildman–Crippen LogP) is 6.01. The molecular formula is C35H42F6N4O2S. The number of likely N-dealkylation sites (tertiary alicyclic amines) is 2. The number of piperazine rings is 1. The molecule has 0 saturated carbocycles. The molecule has 6 rings (SSSR count). The molecule has 3 saturated heterocycles. The first-order valence-electron chi connectivity index (χ1n) is 16.7. The zero-order valence-electron chi connectivity index (χ0n) is 26.7. The van der Waals surface area contributed by atoms with E-state index >= 15 is 0 Å². The number of nitrogens with zero attached hydrogens (tertiary/aromatic N) is 4. The number of carbonyl (C=O) groups excluding carboxylic acids is 1. The van der Waals surface area contributed by atoms with E-state index in [-0.39, 0.29) is 37.3 Å². The van der Waals surface area contributed by atoms with E-state index in [1.807, 2.05) is 42.1 Å². The highest BCUT2D eigenvalue weighted by molar-refractivity contribution is 8.02. The number of halogens is 6. The number of hydrogen-bond donors (Lipinski definition) is 1. The van der Waals surface area contributed by atoms with Gasteiger partial charge in [-0.1, -0.05) is 30.3 Å². The molecule has 0 spiro atoms. The molecule has 0 bridgehead atoms. The second-order valence-electron chi connectivity index (χ2n) is 13.3. The van der Waals surface area contributed by atoms with E-state index in [0.29, 0.717) is 37.4 Å². The molecule has 0 radical (unpaired) electrons. The fourth-order valence-electron chi connectivity index (χ4n) is 7.88. The second-order valence-corrected chi connectivity index (χ2v) is 14.3. The fraction of sp³-hybridized carbons (Fsp3) is 0.571. The Morgan fingerprint density at radius 3 is 2.06 bits per heavy atom. The lowest BCUT2D eigenvalue weighted by molar-refractivity contribution is -0.143. The maximum Gasteiger partial charge on any atom is 0.416 e.